The highest BCUT2D eigenvalue weighted by molar-refractivity contribution is 5.46. The molecule has 0 saturated carbocycles. The third-order valence-electron chi connectivity index (χ3n) is 4.91. The van der Waals surface area contributed by atoms with Crippen molar-refractivity contribution in [3.05, 3.63) is 138 Å². The zero-order chi connectivity index (χ0) is 17.8. The van der Waals surface area contributed by atoms with E-state index in [0.29, 0.717) is 0 Å². The topological polar surface area (TPSA) is 3.88 Å². The molecule has 0 aliphatic rings. The number of rotatable bonds is 4. The smallest absolute Gasteiger partial charge is 0.186 e. The molecule has 0 amide bonds. The van der Waals surface area contributed by atoms with Gasteiger partial charge in [-0.15, -0.1) is 0 Å². The lowest BCUT2D eigenvalue weighted by Gasteiger charge is -2.30. The number of aromatic nitrogens is 1. The van der Waals surface area contributed by atoms with Gasteiger partial charge in [-0.25, -0.2) is 0 Å². The van der Waals surface area contributed by atoms with Crippen LogP contribution in [0.2, 0.25) is 0 Å². The number of pyridine rings is 1. The van der Waals surface area contributed by atoms with Crippen LogP contribution in [0.1, 0.15) is 22.3 Å². The number of nitrogens with zero attached hydrogens (tertiary/aromatic N) is 1. The Morgan fingerprint density at radius 1 is 0.538 bits per heavy atom. The summed E-state index contributed by atoms with van der Waals surface area (Å²) in [7, 11) is 0. The van der Waals surface area contributed by atoms with Crippen LogP contribution < -0.4 is 4.57 Å². The van der Waals surface area contributed by atoms with Gasteiger partial charge in [-0.2, -0.15) is 4.57 Å². The summed E-state index contributed by atoms with van der Waals surface area (Å²) in [6.07, 6.45) is 4.40. The SMILES string of the molecule is Cc1ccc[n+](C(c2ccccc2)(c2ccccc2)c2ccccc2)c1. The summed E-state index contributed by atoms with van der Waals surface area (Å²) in [4.78, 5) is 0. The lowest BCUT2D eigenvalue weighted by molar-refractivity contribution is -0.734. The number of benzene rings is 3. The van der Waals surface area contributed by atoms with Crippen molar-refractivity contribution in [1.29, 1.82) is 0 Å². The molecule has 0 fully saturated rings. The van der Waals surface area contributed by atoms with E-state index in [4.69, 9.17) is 0 Å². The van der Waals surface area contributed by atoms with Gasteiger partial charge in [-0.05, 0) is 13.0 Å². The summed E-state index contributed by atoms with van der Waals surface area (Å²) in [5.41, 5.74) is 4.55. The summed E-state index contributed by atoms with van der Waals surface area (Å²) >= 11 is 0. The molecular formula is C25H22N+. The van der Waals surface area contributed by atoms with Crippen LogP contribution in [0.3, 0.4) is 0 Å². The average molecular weight is 336 g/mol. The van der Waals surface area contributed by atoms with E-state index in [1.165, 1.54) is 22.3 Å². The van der Waals surface area contributed by atoms with E-state index in [9.17, 15) is 0 Å². The Morgan fingerprint density at radius 3 is 1.35 bits per heavy atom. The van der Waals surface area contributed by atoms with Gasteiger partial charge in [0.15, 0.2) is 12.4 Å². The fourth-order valence-corrected chi connectivity index (χ4v) is 3.79. The molecule has 1 aromatic heterocycles. The van der Waals surface area contributed by atoms with Gasteiger partial charge in [0.25, 0.3) is 0 Å². The first-order valence-electron chi connectivity index (χ1n) is 8.97. The third kappa shape index (κ3) is 2.72. The Labute approximate surface area is 155 Å². The highest BCUT2D eigenvalue weighted by Crippen LogP contribution is 2.36. The molecule has 0 radical (unpaired) electrons. The summed E-state index contributed by atoms with van der Waals surface area (Å²) in [5.74, 6) is 0. The Balaban J connectivity index is 2.14. The Kier molecular flexibility index (Phi) is 4.37. The van der Waals surface area contributed by atoms with Crippen LogP contribution in [-0.4, -0.2) is 0 Å². The fourth-order valence-electron chi connectivity index (χ4n) is 3.79. The van der Waals surface area contributed by atoms with Gasteiger partial charge in [0.2, 0.25) is 5.54 Å². The number of hydrogen-bond donors (Lipinski definition) is 0. The van der Waals surface area contributed by atoms with Gasteiger partial charge >= 0.3 is 0 Å². The summed E-state index contributed by atoms with van der Waals surface area (Å²) < 4.78 is 2.34. The number of hydrogen-bond acceptors (Lipinski definition) is 0. The predicted molar refractivity (Wildman–Crippen MR) is 106 cm³/mol. The maximum atomic E-state index is 2.34. The fraction of sp³-hybridized carbons (Fsp3) is 0.0800. The Hall–Kier alpha value is -3.19. The van der Waals surface area contributed by atoms with E-state index >= 15 is 0 Å². The molecule has 26 heavy (non-hydrogen) atoms. The van der Waals surface area contributed by atoms with Crippen LogP contribution >= 0.6 is 0 Å². The second-order valence-electron chi connectivity index (χ2n) is 6.60. The minimum absolute atomic E-state index is 0.421. The van der Waals surface area contributed by atoms with Crippen molar-refractivity contribution in [1.82, 2.24) is 0 Å². The van der Waals surface area contributed by atoms with Crippen LogP contribution in [0, 0.1) is 6.92 Å². The highest BCUT2D eigenvalue weighted by Gasteiger charge is 2.45. The van der Waals surface area contributed by atoms with Gasteiger partial charge < -0.3 is 0 Å². The van der Waals surface area contributed by atoms with Crippen LogP contribution in [0.4, 0.5) is 0 Å². The summed E-state index contributed by atoms with van der Waals surface area (Å²) in [6, 6.07) is 36.5. The summed E-state index contributed by atoms with van der Waals surface area (Å²) in [6.45, 7) is 2.14. The van der Waals surface area contributed by atoms with Gasteiger partial charge in [0, 0.05) is 28.3 Å². The molecule has 0 atom stereocenters. The quantitative estimate of drug-likeness (QED) is 0.360. The second-order valence-corrected chi connectivity index (χ2v) is 6.60. The third-order valence-corrected chi connectivity index (χ3v) is 4.91. The van der Waals surface area contributed by atoms with Crippen molar-refractivity contribution in [3.63, 3.8) is 0 Å². The Bertz CT molecular complexity index is 879. The molecule has 126 valence electrons. The standard InChI is InChI=1S/C25H22N/c1-21-12-11-19-26(20-21)25(22-13-5-2-6-14-22,23-15-7-3-8-16-23)24-17-9-4-10-18-24/h2-20H,1H3/q+1. The molecule has 4 aromatic rings. The van der Waals surface area contributed by atoms with E-state index in [1.54, 1.807) is 0 Å². The van der Waals surface area contributed by atoms with Gasteiger partial charge in [0.1, 0.15) is 0 Å². The Morgan fingerprint density at radius 2 is 0.962 bits per heavy atom. The molecule has 0 unspecified atom stereocenters. The van der Waals surface area contributed by atoms with Gasteiger partial charge in [-0.3, -0.25) is 0 Å². The second kappa shape index (κ2) is 6.97. The predicted octanol–water partition coefficient (Wildman–Crippen LogP) is 5.12. The average Bonchev–Trinajstić information content (AvgIpc) is 2.71. The van der Waals surface area contributed by atoms with Crippen molar-refractivity contribution < 1.29 is 4.57 Å². The van der Waals surface area contributed by atoms with E-state index in [1.807, 2.05) is 0 Å². The van der Waals surface area contributed by atoms with Gasteiger partial charge in [-0.1, -0.05) is 91.0 Å². The first-order chi connectivity index (χ1) is 12.8. The minimum Gasteiger partial charge on any atom is -0.186 e. The molecule has 0 saturated heterocycles. The molecule has 1 nitrogen and oxygen atoms in total. The first-order valence-corrected chi connectivity index (χ1v) is 8.97. The maximum Gasteiger partial charge on any atom is 0.243 e. The molecule has 1 heterocycles. The van der Waals surface area contributed by atoms with E-state index < -0.39 is 5.54 Å². The molecule has 0 aliphatic carbocycles. The van der Waals surface area contributed by atoms with Crippen molar-refractivity contribution in [2.45, 2.75) is 12.5 Å². The molecule has 0 N–H and O–H groups in total. The minimum atomic E-state index is -0.421. The lowest BCUT2D eigenvalue weighted by Crippen LogP contribution is -2.58. The highest BCUT2D eigenvalue weighted by atomic mass is 15.0. The van der Waals surface area contributed by atoms with Crippen molar-refractivity contribution in [2.75, 3.05) is 0 Å². The monoisotopic (exact) mass is 336 g/mol. The summed E-state index contributed by atoms with van der Waals surface area (Å²) in [5, 5.41) is 0. The molecule has 0 aliphatic heterocycles. The van der Waals surface area contributed by atoms with Crippen LogP contribution in [0.15, 0.2) is 116 Å². The van der Waals surface area contributed by atoms with E-state index in [-0.39, 0.29) is 0 Å². The molecule has 1 heteroatoms. The molecule has 4 rings (SSSR count). The molecule has 0 bridgehead atoms. The maximum absolute atomic E-state index is 2.34. The van der Waals surface area contributed by atoms with E-state index in [0.717, 1.165) is 0 Å². The molecular weight excluding hydrogens is 314 g/mol. The normalized spacial score (nSPS) is 11.3. The van der Waals surface area contributed by atoms with Crippen molar-refractivity contribution in [3.8, 4) is 0 Å². The molecule has 3 aromatic carbocycles. The van der Waals surface area contributed by atoms with Crippen LogP contribution in [-0.2, 0) is 5.54 Å². The van der Waals surface area contributed by atoms with Crippen molar-refractivity contribution >= 4 is 0 Å². The van der Waals surface area contributed by atoms with E-state index in [2.05, 4.69) is 127 Å². The zero-order valence-electron chi connectivity index (χ0n) is 14.9. The lowest BCUT2D eigenvalue weighted by atomic mass is 9.76. The van der Waals surface area contributed by atoms with Crippen molar-refractivity contribution in [2.24, 2.45) is 0 Å². The number of aryl methyl sites for hydroxylation is 1. The zero-order valence-corrected chi connectivity index (χ0v) is 14.9. The van der Waals surface area contributed by atoms with Crippen LogP contribution in [0.25, 0.3) is 0 Å². The first kappa shape index (κ1) is 16.3. The largest absolute Gasteiger partial charge is 0.243 e. The van der Waals surface area contributed by atoms with Gasteiger partial charge in [0.05, 0.1) is 0 Å². The van der Waals surface area contributed by atoms with Crippen LogP contribution in [0.5, 0.6) is 0 Å². The molecule has 0 spiro atoms.